The Bertz CT molecular complexity index is 585. The van der Waals surface area contributed by atoms with Gasteiger partial charge in [-0.1, -0.05) is 12.8 Å². The Morgan fingerprint density at radius 3 is 2.43 bits per heavy atom. The van der Waals surface area contributed by atoms with E-state index in [0.29, 0.717) is 12.8 Å². The van der Waals surface area contributed by atoms with Gasteiger partial charge in [0, 0.05) is 6.04 Å². The maximum absolute atomic E-state index is 12.9. The lowest BCUT2D eigenvalue weighted by Gasteiger charge is -2.34. The molecular formula is C15H25NO6S. The Morgan fingerprint density at radius 1 is 1.26 bits per heavy atom. The van der Waals surface area contributed by atoms with Gasteiger partial charge in [-0.3, -0.25) is 9.59 Å². The van der Waals surface area contributed by atoms with Crippen LogP contribution in [0.4, 0.5) is 0 Å². The second-order valence-corrected chi connectivity index (χ2v) is 9.04. The van der Waals surface area contributed by atoms with Crippen LogP contribution in [0.2, 0.25) is 0 Å². The highest BCUT2D eigenvalue weighted by Crippen LogP contribution is 2.42. The quantitative estimate of drug-likeness (QED) is 0.751. The predicted molar refractivity (Wildman–Crippen MR) is 83.2 cm³/mol. The van der Waals surface area contributed by atoms with Crippen LogP contribution in [0, 0.1) is 11.3 Å². The highest BCUT2D eigenvalue weighted by Gasteiger charge is 2.52. The number of hydrogen-bond acceptors (Lipinski definition) is 5. The Balaban J connectivity index is 2.31. The van der Waals surface area contributed by atoms with Gasteiger partial charge in [0.1, 0.15) is 6.04 Å². The van der Waals surface area contributed by atoms with Gasteiger partial charge in [-0.2, -0.15) is 4.31 Å². The molecule has 2 aliphatic rings. The van der Waals surface area contributed by atoms with Crippen LogP contribution in [0.15, 0.2) is 0 Å². The molecule has 132 valence electrons. The van der Waals surface area contributed by atoms with E-state index in [4.69, 9.17) is 0 Å². The molecule has 1 heterocycles. The Kier molecular flexibility index (Phi) is 5.06. The highest BCUT2D eigenvalue weighted by atomic mass is 32.2. The van der Waals surface area contributed by atoms with Crippen LogP contribution in [0.3, 0.4) is 0 Å². The molecule has 2 rings (SSSR count). The SMILES string of the molecule is COC(=O)C(C)(C)CS(=O)(=O)N1C(C(=O)O)CC2CCCCC21. The Labute approximate surface area is 137 Å². The summed E-state index contributed by atoms with van der Waals surface area (Å²) in [5.41, 5.74) is -1.22. The fourth-order valence-electron chi connectivity index (χ4n) is 3.90. The van der Waals surface area contributed by atoms with E-state index in [1.807, 2.05) is 0 Å². The van der Waals surface area contributed by atoms with Crippen molar-refractivity contribution in [2.24, 2.45) is 11.3 Å². The topological polar surface area (TPSA) is 101 Å². The van der Waals surface area contributed by atoms with E-state index < -0.39 is 39.2 Å². The summed E-state index contributed by atoms with van der Waals surface area (Å²) in [4.78, 5) is 23.4. The normalized spacial score (nSPS) is 29.1. The average molecular weight is 347 g/mol. The molecule has 0 bridgehead atoms. The molecular weight excluding hydrogens is 322 g/mol. The third-order valence-corrected chi connectivity index (χ3v) is 7.17. The van der Waals surface area contributed by atoms with Gasteiger partial charge in [0.2, 0.25) is 10.0 Å². The van der Waals surface area contributed by atoms with Crippen molar-refractivity contribution in [3.05, 3.63) is 0 Å². The van der Waals surface area contributed by atoms with E-state index in [-0.39, 0.29) is 12.0 Å². The summed E-state index contributed by atoms with van der Waals surface area (Å²) in [5.74, 6) is -2.08. The molecule has 1 aliphatic heterocycles. The summed E-state index contributed by atoms with van der Waals surface area (Å²) in [5, 5.41) is 9.45. The number of carboxylic acid groups (broad SMARTS) is 1. The lowest BCUT2D eigenvalue weighted by atomic mass is 9.85. The number of carbonyl (C=O) groups excluding carboxylic acids is 1. The molecule has 1 N–H and O–H groups in total. The molecule has 0 aromatic rings. The number of carbonyl (C=O) groups is 2. The first-order valence-electron chi connectivity index (χ1n) is 7.92. The number of hydrogen-bond donors (Lipinski definition) is 1. The minimum atomic E-state index is -3.89. The zero-order valence-electron chi connectivity index (χ0n) is 13.8. The summed E-state index contributed by atoms with van der Waals surface area (Å²) in [6.45, 7) is 3.00. The van der Waals surface area contributed by atoms with Gasteiger partial charge >= 0.3 is 11.9 Å². The molecule has 3 unspecified atom stereocenters. The number of esters is 1. The van der Waals surface area contributed by atoms with Gasteiger partial charge in [-0.15, -0.1) is 0 Å². The molecule has 0 aromatic heterocycles. The van der Waals surface area contributed by atoms with Crippen LogP contribution in [-0.2, 0) is 24.3 Å². The lowest BCUT2D eigenvalue weighted by Crippen LogP contribution is -2.50. The summed E-state index contributed by atoms with van der Waals surface area (Å²) in [7, 11) is -2.67. The Hall–Kier alpha value is -1.15. The first-order valence-corrected chi connectivity index (χ1v) is 9.53. The second kappa shape index (κ2) is 6.39. The first-order chi connectivity index (χ1) is 10.6. The Morgan fingerprint density at radius 2 is 1.87 bits per heavy atom. The van der Waals surface area contributed by atoms with Crippen molar-refractivity contribution >= 4 is 22.0 Å². The average Bonchev–Trinajstić information content (AvgIpc) is 2.85. The monoisotopic (exact) mass is 347 g/mol. The van der Waals surface area contributed by atoms with Gasteiger partial charge in [0.25, 0.3) is 0 Å². The van der Waals surface area contributed by atoms with Gasteiger partial charge in [-0.05, 0) is 39.0 Å². The summed E-state index contributed by atoms with van der Waals surface area (Å²) in [6.07, 6.45) is 3.82. The highest BCUT2D eigenvalue weighted by molar-refractivity contribution is 7.89. The van der Waals surface area contributed by atoms with Gasteiger partial charge < -0.3 is 9.84 Å². The zero-order valence-corrected chi connectivity index (χ0v) is 14.6. The standard InChI is InChI=1S/C15H25NO6S/c1-15(2,14(19)22-3)9-23(20,21)16-11-7-5-4-6-10(11)8-12(16)13(17)18/h10-12H,4-9H2,1-3H3,(H,17,18). The third-order valence-electron chi connectivity index (χ3n) is 4.92. The molecule has 2 fully saturated rings. The molecule has 23 heavy (non-hydrogen) atoms. The molecule has 0 radical (unpaired) electrons. The van der Waals surface area contributed by atoms with E-state index >= 15 is 0 Å². The minimum absolute atomic E-state index is 0.0980. The fraction of sp³-hybridized carbons (Fsp3) is 0.867. The van der Waals surface area contributed by atoms with Crippen LogP contribution in [0.25, 0.3) is 0 Å². The number of carboxylic acids is 1. The number of nitrogens with zero attached hydrogens (tertiary/aromatic N) is 1. The predicted octanol–water partition coefficient (Wildman–Crippen LogP) is 1.23. The van der Waals surface area contributed by atoms with E-state index in [1.54, 1.807) is 0 Å². The first kappa shape index (κ1) is 18.2. The fourth-order valence-corrected chi connectivity index (χ4v) is 6.33. The van der Waals surface area contributed by atoms with E-state index in [9.17, 15) is 23.1 Å². The number of rotatable bonds is 5. The van der Waals surface area contributed by atoms with Gasteiger partial charge in [0.15, 0.2) is 0 Å². The van der Waals surface area contributed by atoms with Gasteiger partial charge in [-0.25, -0.2) is 8.42 Å². The number of sulfonamides is 1. The van der Waals surface area contributed by atoms with Crippen LogP contribution in [0.5, 0.6) is 0 Å². The molecule has 3 atom stereocenters. The summed E-state index contributed by atoms with van der Waals surface area (Å²) >= 11 is 0. The van der Waals surface area contributed by atoms with Crippen molar-refractivity contribution in [2.75, 3.05) is 12.9 Å². The number of aliphatic carboxylic acids is 1. The number of methoxy groups -OCH3 is 1. The second-order valence-electron chi connectivity index (χ2n) is 7.16. The largest absolute Gasteiger partial charge is 0.480 e. The summed E-state index contributed by atoms with van der Waals surface area (Å²) < 4.78 is 31.6. The van der Waals surface area contributed by atoms with Crippen LogP contribution in [-0.4, -0.2) is 54.7 Å². The third kappa shape index (κ3) is 3.52. The van der Waals surface area contributed by atoms with E-state index in [1.165, 1.54) is 25.3 Å². The molecule has 0 aromatic carbocycles. The smallest absolute Gasteiger partial charge is 0.322 e. The van der Waals surface area contributed by atoms with Gasteiger partial charge in [0.05, 0.1) is 18.3 Å². The molecule has 7 nitrogen and oxygen atoms in total. The summed E-state index contributed by atoms with van der Waals surface area (Å²) in [6, 6.07) is -1.29. The number of fused-ring (bicyclic) bond motifs is 1. The van der Waals surface area contributed by atoms with Crippen molar-refractivity contribution in [2.45, 2.75) is 58.0 Å². The minimum Gasteiger partial charge on any atom is -0.480 e. The van der Waals surface area contributed by atoms with Crippen LogP contribution < -0.4 is 0 Å². The molecule has 0 amide bonds. The van der Waals surface area contributed by atoms with Crippen molar-refractivity contribution in [3.63, 3.8) is 0 Å². The molecule has 8 heteroatoms. The van der Waals surface area contributed by atoms with E-state index in [0.717, 1.165) is 19.3 Å². The molecule has 0 spiro atoms. The maximum Gasteiger partial charge on any atom is 0.322 e. The van der Waals surface area contributed by atoms with E-state index in [2.05, 4.69) is 4.74 Å². The van der Waals surface area contributed by atoms with Crippen molar-refractivity contribution < 1.29 is 27.9 Å². The maximum atomic E-state index is 12.9. The number of ether oxygens (including phenoxy) is 1. The lowest BCUT2D eigenvalue weighted by molar-refractivity contribution is -0.149. The molecule has 1 saturated heterocycles. The van der Waals surface area contributed by atoms with Crippen molar-refractivity contribution in [1.82, 2.24) is 4.31 Å². The zero-order chi connectivity index (χ0) is 17.4. The molecule has 1 aliphatic carbocycles. The van der Waals surface area contributed by atoms with Crippen LogP contribution in [0.1, 0.15) is 46.0 Å². The van der Waals surface area contributed by atoms with Crippen LogP contribution >= 0.6 is 0 Å². The molecule has 1 saturated carbocycles. The van der Waals surface area contributed by atoms with Crippen molar-refractivity contribution in [3.8, 4) is 0 Å². The van der Waals surface area contributed by atoms with Crippen molar-refractivity contribution in [1.29, 1.82) is 0 Å².